The van der Waals surface area contributed by atoms with Crippen LogP contribution in [0.5, 0.6) is 0 Å². The van der Waals surface area contributed by atoms with E-state index in [9.17, 15) is 8.42 Å². The number of benzene rings is 1. The van der Waals surface area contributed by atoms with E-state index in [1.165, 1.54) is 0 Å². The standard InChI is InChI=1S/C12H17NO2S/c1-12(10-5-3-2-4-6-10)9-11(13)7-8-16(12,14)15/h2-6,11H,7-9,13H2,1H3. The van der Waals surface area contributed by atoms with E-state index in [0.717, 1.165) is 5.56 Å². The third-order valence-electron chi connectivity index (χ3n) is 3.48. The lowest BCUT2D eigenvalue weighted by molar-refractivity contribution is 0.436. The first-order chi connectivity index (χ1) is 7.46. The summed E-state index contributed by atoms with van der Waals surface area (Å²) in [6.45, 7) is 1.79. The maximum atomic E-state index is 12.2. The van der Waals surface area contributed by atoms with Crippen LogP contribution in [0.4, 0.5) is 0 Å². The van der Waals surface area contributed by atoms with Gasteiger partial charge in [-0.1, -0.05) is 30.3 Å². The molecule has 0 amide bonds. The largest absolute Gasteiger partial charge is 0.328 e. The number of hydrogen-bond acceptors (Lipinski definition) is 3. The van der Waals surface area contributed by atoms with Crippen molar-refractivity contribution in [1.29, 1.82) is 0 Å². The Balaban J connectivity index is 2.50. The Bertz CT molecular complexity index is 469. The number of rotatable bonds is 1. The predicted molar refractivity (Wildman–Crippen MR) is 64.8 cm³/mol. The Morgan fingerprint density at radius 2 is 1.94 bits per heavy atom. The van der Waals surface area contributed by atoms with Crippen molar-refractivity contribution >= 4 is 9.84 Å². The molecule has 0 saturated carbocycles. The van der Waals surface area contributed by atoms with Gasteiger partial charge in [0.15, 0.2) is 9.84 Å². The maximum Gasteiger partial charge on any atom is 0.159 e. The molecule has 16 heavy (non-hydrogen) atoms. The van der Waals surface area contributed by atoms with Gasteiger partial charge in [-0.3, -0.25) is 0 Å². The Morgan fingerprint density at radius 1 is 1.31 bits per heavy atom. The Morgan fingerprint density at radius 3 is 2.56 bits per heavy atom. The summed E-state index contributed by atoms with van der Waals surface area (Å²) < 4.78 is 23.6. The molecule has 2 unspecified atom stereocenters. The van der Waals surface area contributed by atoms with Gasteiger partial charge in [0.1, 0.15) is 0 Å². The topological polar surface area (TPSA) is 60.2 Å². The second kappa shape index (κ2) is 3.86. The van der Waals surface area contributed by atoms with Crippen molar-refractivity contribution in [2.45, 2.75) is 30.6 Å². The summed E-state index contributed by atoms with van der Waals surface area (Å²) >= 11 is 0. The molecule has 1 fully saturated rings. The van der Waals surface area contributed by atoms with Crippen molar-refractivity contribution in [3.63, 3.8) is 0 Å². The fourth-order valence-electron chi connectivity index (χ4n) is 2.35. The van der Waals surface area contributed by atoms with Crippen LogP contribution in [-0.4, -0.2) is 20.2 Å². The van der Waals surface area contributed by atoms with Gasteiger partial charge in [0.2, 0.25) is 0 Å². The zero-order valence-electron chi connectivity index (χ0n) is 9.39. The van der Waals surface area contributed by atoms with E-state index in [0.29, 0.717) is 12.8 Å². The van der Waals surface area contributed by atoms with Gasteiger partial charge in [0.05, 0.1) is 10.5 Å². The van der Waals surface area contributed by atoms with E-state index < -0.39 is 14.6 Å². The van der Waals surface area contributed by atoms with Crippen LogP contribution in [0.25, 0.3) is 0 Å². The lowest BCUT2D eigenvalue weighted by atomic mass is 9.91. The molecule has 2 rings (SSSR count). The monoisotopic (exact) mass is 239 g/mol. The summed E-state index contributed by atoms with van der Waals surface area (Å²) in [5.41, 5.74) is 6.76. The summed E-state index contributed by atoms with van der Waals surface area (Å²) in [7, 11) is -3.09. The minimum atomic E-state index is -3.09. The molecule has 1 aliphatic rings. The Kier molecular flexibility index (Phi) is 2.80. The molecule has 88 valence electrons. The highest BCUT2D eigenvalue weighted by Crippen LogP contribution is 2.39. The summed E-state index contributed by atoms with van der Waals surface area (Å²) in [4.78, 5) is 0. The molecule has 1 aromatic rings. The molecule has 1 aromatic carbocycles. The van der Waals surface area contributed by atoms with Crippen LogP contribution >= 0.6 is 0 Å². The van der Waals surface area contributed by atoms with Gasteiger partial charge in [-0.25, -0.2) is 8.42 Å². The zero-order chi connectivity index (χ0) is 11.8. The van der Waals surface area contributed by atoms with E-state index in [1.54, 1.807) is 6.92 Å². The van der Waals surface area contributed by atoms with Crippen molar-refractivity contribution < 1.29 is 8.42 Å². The number of sulfone groups is 1. The smallest absolute Gasteiger partial charge is 0.159 e. The van der Waals surface area contributed by atoms with Crippen LogP contribution in [-0.2, 0) is 14.6 Å². The minimum absolute atomic E-state index is 0.0197. The first kappa shape index (κ1) is 11.6. The number of nitrogens with two attached hydrogens (primary N) is 1. The highest BCUT2D eigenvalue weighted by molar-refractivity contribution is 7.92. The molecule has 2 atom stereocenters. The third kappa shape index (κ3) is 1.76. The van der Waals surface area contributed by atoms with E-state index in [2.05, 4.69) is 0 Å². The maximum absolute atomic E-state index is 12.2. The summed E-state index contributed by atoms with van der Waals surface area (Å²) in [5.74, 6) is 0.194. The van der Waals surface area contributed by atoms with Crippen molar-refractivity contribution in [2.24, 2.45) is 5.73 Å². The second-order valence-corrected chi connectivity index (χ2v) is 7.21. The molecule has 0 aromatic heterocycles. The average molecular weight is 239 g/mol. The second-order valence-electron chi connectivity index (χ2n) is 4.67. The van der Waals surface area contributed by atoms with Crippen molar-refractivity contribution in [3.05, 3.63) is 35.9 Å². The molecule has 0 aliphatic carbocycles. The summed E-state index contributed by atoms with van der Waals surface area (Å²) in [6, 6.07) is 9.36. The fourth-order valence-corrected chi connectivity index (χ4v) is 4.38. The van der Waals surface area contributed by atoms with Crippen LogP contribution < -0.4 is 5.73 Å². The highest BCUT2D eigenvalue weighted by atomic mass is 32.2. The lowest BCUT2D eigenvalue weighted by Gasteiger charge is -2.36. The lowest BCUT2D eigenvalue weighted by Crippen LogP contribution is -2.46. The molecular weight excluding hydrogens is 222 g/mol. The summed E-state index contributed by atoms with van der Waals surface area (Å²) in [5, 5.41) is 0. The minimum Gasteiger partial charge on any atom is -0.328 e. The molecule has 1 heterocycles. The van der Waals surface area contributed by atoms with Crippen molar-refractivity contribution in [3.8, 4) is 0 Å². The highest BCUT2D eigenvalue weighted by Gasteiger charge is 2.44. The van der Waals surface area contributed by atoms with Gasteiger partial charge in [0, 0.05) is 6.04 Å². The predicted octanol–water partition coefficient (Wildman–Crippen LogP) is 1.44. The van der Waals surface area contributed by atoms with E-state index >= 15 is 0 Å². The molecule has 1 aliphatic heterocycles. The van der Waals surface area contributed by atoms with Crippen LogP contribution in [0.15, 0.2) is 30.3 Å². The third-order valence-corrected chi connectivity index (χ3v) is 6.03. The molecule has 3 nitrogen and oxygen atoms in total. The van der Waals surface area contributed by atoms with Gasteiger partial charge >= 0.3 is 0 Å². The van der Waals surface area contributed by atoms with Crippen LogP contribution in [0.3, 0.4) is 0 Å². The van der Waals surface area contributed by atoms with Crippen LogP contribution in [0, 0.1) is 0 Å². The molecular formula is C12H17NO2S. The average Bonchev–Trinajstić information content (AvgIpc) is 2.26. The van der Waals surface area contributed by atoms with E-state index in [1.807, 2.05) is 30.3 Å². The van der Waals surface area contributed by atoms with Crippen molar-refractivity contribution in [2.75, 3.05) is 5.75 Å². The molecule has 4 heteroatoms. The normalized spacial score (nSPS) is 33.5. The quantitative estimate of drug-likeness (QED) is 0.806. The van der Waals surface area contributed by atoms with E-state index in [-0.39, 0.29) is 11.8 Å². The van der Waals surface area contributed by atoms with Gasteiger partial charge < -0.3 is 5.73 Å². The van der Waals surface area contributed by atoms with E-state index in [4.69, 9.17) is 5.73 Å². The molecule has 0 radical (unpaired) electrons. The van der Waals surface area contributed by atoms with Gasteiger partial charge in [-0.05, 0) is 25.3 Å². The SMILES string of the molecule is CC1(c2ccccc2)CC(N)CCS1(=O)=O. The molecule has 0 bridgehead atoms. The van der Waals surface area contributed by atoms with Crippen LogP contribution in [0.1, 0.15) is 25.3 Å². The van der Waals surface area contributed by atoms with Crippen LogP contribution in [0.2, 0.25) is 0 Å². The summed E-state index contributed by atoms with van der Waals surface area (Å²) in [6.07, 6.45) is 1.09. The zero-order valence-corrected chi connectivity index (χ0v) is 10.2. The Hall–Kier alpha value is -0.870. The van der Waals surface area contributed by atoms with Gasteiger partial charge in [-0.15, -0.1) is 0 Å². The Labute approximate surface area is 96.6 Å². The first-order valence-corrected chi connectivity index (χ1v) is 7.14. The fraction of sp³-hybridized carbons (Fsp3) is 0.500. The van der Waals surface area contributed by atoms with Gasteiger partial charge in [0.25, 0.3) is 0 Å². The molecule has 2 N–H and O–H groups in total. The van der Waals surface area contributed by atoms with Gasteiger partial charge in [-0.2, -0.15) is 0 Å². The number of hydrogen-bond donors (Lipinski definition) is 1. The van der Waals surface area contributed by atoms with Crippen molar-refractivity contribution in [1.82, 2.24) is 0 Å². The molecule has 0 spiro atoms. The first-order valence-electron chi connectivity index (χ1n) is 5.49. The molecule has 1 saturated heterocycles.